The minimum absolute atomic E-state index is 0.0943. The highest BCUT2D eigenvalue weighted by Crippen LogP contribution is 2.49. The number of nitrogens with zero attached hydrogens (tertiary/aromatic N) is 1. The third-order valence-electron chi connectivity index (χ3n) is 4.07. The number of β-lactam (4-membered cyclic amide) rings is 1. The van der Waals surface area contributed by atoms with Gasteiger partial charge in [0.1, 0.15) is 0 Å². The maximum absolute atomic E-state index is 12.4. The van der Waals surface area contributed by atoms with E-state index in [1.165, 1.54) is 0 Å². The van der Waals surface area contributed by atoms with Crippen molar-refractivity contribution in [3.05, 3.63) is 35.4 Å². The van der Waals surface area contributed by atoms with Gasteiger partial charge >= 0.3 is 0 Å². The standard InChI is InChI=1S/C15H21NO2/c1-10(2)16-13(17)15(18,14(16,4)5)12-9-7-6-8-11(12)3/h6-10,18H,1-5H3/t15-/m0/s1. The zero-order valence-corrected chi connectivity index (χ0v) is 11.7. The SMILES string of the molecule is Cc1ccccc1[C@]1(O)C(=O)N(C(C)C)C1(C)C. The number of aryl methyl sites for hydroxylation is 1. The lowest BCUT2D eigenvalue weighted by atomic mass is 9.66. The summed E-state index contributed by atoms with van der Waals surface area (Å²) >= 11 is 0. The number of rotatable bonds is 2. The van der Waals surface area contributed by atoms with E-state index >= 15 is 0 Å². The van der Waals surface area contributed by atoms with Crippen LogP contribution >= 0.6 is 0 Å². The average molecular weight is 247 g/mol. The molecule has 1 aromatic rings. The summed E-state index contributed by atoms with van der Waals surface area (Å²) in [6.07, 6.45) is 0. The second-order valence-electron chi connectivity index (χ2n) is 5.85. The van der Waals surface area contributed by atoms with Crippen LogP contribution in [0.4, 0.5) is 0 Å². The summed E-state index contributed by atoms with van der Waals surface area (Å²) in [6.45, 7) is 9.70. The van der Waals surface area contributed by atoms with Crippen molar-refractivity contribution in [3.63, 3.8) is 0 Å². The molecule has 0 bridgehead atoms. The smallest absolute Gasteiger partial charge is 0.262 e. The predicted molar refractivity (Wildman–Crippen MR) is 71.1 cm³/mol. The molecule has 1 aliphatic heterocycles. The summed E-state index contributed by atoms with van der Waals surface area (Å²) in [5, 5.41) is 10.9. The lowest BCUT2D eigenvalue weighted by molar-refractivity contribution is -0.221. The normalized spacial score (nSPS) is 26.4. The van der Waals surface area contributed by atoms with Crippen LogP contribution in [-0.4, -0.2) is 27.5 Å². The van der Waals surface area contributed by atoms with Crippen LogP contribution in [-0.2, 0) is 10.4 Å². The maximum atomic E-state index is 12.4. The number of benzene rings is 1. The fourth-order valence-corrected chi connectivity index (χ4v) is 3.11. The Morgan fingerprint density at radius 1 is 1.22 bits per heavy atom. The fourth-order valence-electron chi connectivity index (χ4n) is 3.11. The van der Waals surface area contributed by atoms with Crippen LogP contribution in [0, 0.1) is 6.92 Å². The topological polar surface area (TPSA) is 40.5 Å². The largest absolute Gasteiger partial charge is 0.373 e. The maximum Gasteiger partial charge on any atom is 0.262 e. The van der Waals surface area contributed by atoms with Gasteiger partial charge in [-0.2, -0.15) is 0 Å². The molecule has 2 rings (SSSR count). The molecule has 0 saturated carbocycles. The van der Waals surface area contributed by atoms with Gasteiger partial charge in [-0.3, -0.25) is 4.79 Å². The molecule has 18 heavy (non-hydrogen) atoms. The van der Waals surface area contributed by atoms with Gasteiger partial charge in [-0.1, -0.05) is 24.3 Å². The second kappa shape index (κ2) is 3.82. The monoisotopic (exact) mass is 247 g/mol. The Morgan fingerprint density at radius 3 is 2.22 bits per heavy atom. The predicted octanol–water partition coefficient (Wildman–Crippen LogP) is 2.21. The number of amides is 1. The number of hydrogen-bond acceptors (Lipinski definition) is 2. The van der Waals surface area contributed by atoms with E-state index in [-0.39, 0.29) is 11.9 Å². The third-order valence-corrected chi connectivity index (χ3v) is 4.07. The summed E-state index contributed by atoms with van der Waals surface area (Å²) in [5.74, 6) is -0.197. The number of hydrogen-bond donors (Lipinski definition) is 1. The molecule has 1 aromatic carbocycles. The van der Waals surface area contributed by atoms with Gasteiger partial charge < -0.3 is 10.0 Å². The molecular formula is C15H21NO2. The van der Waals surface area contributed by atoms with Crippen LogP contribution in [0.5, 0.6) is 0 Å². The van der Waals surface area contributed by atoms with Crippen molar-refractivity contribution in [1.82, 2.24) is 4.90 Å². The zero-order valence-electron chi connectivity index (χ0n) is 11.7. The zero-order chi connectivity index (χ0) is 13.7. The Labute approximate surface area is 108 Å². The Morgan fingerprint density at radius 2 is 1.78 bits per heavy atom. The summed E-state index contributed by atoms with van der Waals surface area (Å²) in [5.41, 5.74) is -0.311. The molecule has 0 radical (unpaired) electrons. The molecule has 3 nitrogen and oxygen atoms in total. The first-order valence-corrected chi connectivity index (χ1v) is 6.37. The molecule has 1 heterocycles. The quantitative estimate of drug-likeness (QED) is 0.814. The molecule has 0 unspecified atom stereocenters. The van der Waals surface area contributed by atoms with Crippen molar-refractivity contribution in [3.8, 4) is 0 Å². The van der Waals surface area contributed by atoms with Gasteiger partial charge in [-0.25, -0.2) is 0 Å². The highest BCUT2D eigenvalue weighted by molar-refractivity contribution is 5.96. The lowest BCUT2D eigenvalue weighted by Gasteiger charge is -2.61. The Bertz CT molecular complexity index is 493. The molecule has 0 aliphatic carbocycles. The van der Waals surface area contributed by atoms with Gasteiger partial charge in [0.15, 0.2) is 5.60 Å². The van der Waals surface area contributed by atoms with Gasteiger partial charge in [-0.05, 0) is 45.7 Å². The summed E-state index contributed by atoms with van der Waals surface area (Å²) in [6, 6.07) is 7.64. The Kier molecular flexibility index (Phi) is 2.78. The number of carbonyl (C=O) groups is 1. The molecule has 0 spiro atoms. The van der Waals surface area contributed by atoms with Crippen molar-refractivity contribution in [1.29, 1.82) is 0 Å². The van der Waals surface area contributed by atoms with Gasteiger partial charge in [0.2, 0.25) is 0 Å². The van der Waals surface area contributed by atoms with E-state index in [0.29, 0.717) is 0 Å². The number of aliphatic hydroxyl groups is 1. The number of likely N-dealkylation sites (tertiary alicyclic amines) is 1. The molecular weight excluding hydrogens is 226 g/mol. The van der Waals surface area contributed by atoms with E-state index in [9.17, 15) is 9.90 Å². The Hall–Kier alpha value is -1.35. The second-order valence-corrected chi connectivity index (χ2v) is 5.85. The first kappa shape index (κ1) is 13.1. The van der Waals surface area contributed by atoms with E-state index in [1.54, 1.807) is 4.90 Å². The van der Waals surface area contributed by atoms with Gasteiger partial charge in [-0.15, -0.1) is 0 Å². The first-order chi connectivity index (χ1) is 8.24. The van der Waals surface area contributed by atoms with E-state index in [4.69, 9.17) is 0 Å². The van der Waals surface area contributed by atoms with Crippen LogP contribution in [0.15, 0.2) is 24.3 Å². The van der Waals surface area contributed by atoms with Crippen LogP contribution in [0.1, 0.15) is 38.8 Å². The average Bonchev–Trinajstić information content (AvgIpc) is 2.27. The number of carbonyl (C=O) groups excluding carboxylic acids is 1. The van der Waals surface area contributed by atoms with Crippen molar-refractivity contribution >= 4 is 5.91 Å². The van der Waals surface area contributed by atoms with E-state index in [2.05, 4.69) is 0 Å². The highest BCUT2D eigenvalue weighted by atomic mass is 16.3. The summed E-state index contributed by atoms with van der Waals surface area (Å²) in [7, 11) is 0. The van der Waals surface area contributed by atoms with Gasteiger partial charge in [0.25, 0.3) is 5.91 Å². The molecule has 98 valence electrons. The highest BCUT2D eigenvalue weighted by Gasteiger charge is 2.67. The van der Waals surface area contributed by atoms with Crippen LogP contribution in [0.2, 0.25) is 0 Å². The summed E-state index contributed by atoms with van der Waals surface area (Å²) < 4.78 is 0. The van der Waals surface area contributed by atoms with Gasteiger partial charge in [0.05, 0.1) is 5.54 Å². The van der Waals surface area contributed by atoms with Crippen LogP contribution in [0.3, 0.4) is 0 Å². The van der Waals surface area contributed by atoms with Crippen molar-refractivity contribution in [2.75, 3.05) is 0 Å². The molecule has 1 aliphatic rings. The van der Waals surface area contributed by atoms with Gasteiger partial charge in [0, 0.05) is 6.04 Å². The van der Waals surface area contributed by atoms with Crippen molar-refractivity contribution < 1.29 is 9.90 Å². The van der Waals surface area contributed by atoms with E-state index < -0.39 is 11.1 Å². The van der Waals surface area contributed by atoms with Crippen molar-refractivity contribution in [2.45, 2.75) is 51.8 Å². The molecule has 3 heteroatoms. The molecule has 1 N–H and O–H groups in total. The molecule has 1 saturated heterocycles. The minimum atomic E-state index is -1.40. The third kappa shape index (κ3) is 1.37. The summed E-state index contributed by atoms with van der Waals surface area (Å²) in [4.78, 5) is 14.1. The minimum Gasteiger partial charge on any atom is -0.373 e. The Balaban J connectivity index is 2.52. The molecule has 1 amide bonds. The molecule has 1 fully saturated rings. The van der Waals surface area contributed by atoms with E-state index in [0.717, 1.165) is 11.1 Å². The fraction of sp³-hybridized carbons (Fsp3) is 0.533. The molecule has 0 aromatic heterocycles. The van der Waals surface area contributed by atoms with E-state index in [1.807, 2.05) is 58.9 Å². The van der Waals surface area contributed by atoms with Crippen LogP contribution in [0.25, 0.3) is 0 Å². The molecule has 1 atom stereocenters. The lowest BCUT2D eigenvalue weighted by Crippen LogP contribution is -2.79. The first-order valence-electron chi connectivity index (χ1n) is 6.37. The van der Waals surface area contributed by atoms with Crippen molar-refractivity contribution in [2.24, 2.45) is 0 Å². The van der Waals surface area contributed by atoms with Crippen LogP contribution < -0.4 is 0 Å².